The van der Waals surface area contributed by atoms with Crippen molar-refractivity contribution in [1.29, 1.82) is 0 Å². The molecule has 2 saturated carbocycles. The molecule has 1 unspecified atom stereocenters. The van der Waals surface area contributed by atoms with Crippen molar-refractivity contribution in [3.63, 3.8) is 0 Å². The highest BCUT2D eigenvalue weighted by Gasteiger charge is 2.70. The molecular formula is C22H22BrFN4O2. The van der Waals surface area contributed by atoms with Gasteiger partial charge in [0, 0.05) is 17.0 Å². The van der Waals surface area contributed by atoms with Gasteiger partial charge >= 0.3 is 0 Å². The molecule has 0 aliphatic heterocycles. The lowest BCUT2D eigenvalue weighted by Crippen LogP contribution is -2.34. The van der Waals surface area contributed by atoms with Crippen LogP contribution in [0.1, 0.15) is 24.4 Å². The number of benzene rings is 1. The van der Waals surface area contributed by atoms with Gasteiger partial charge in [-0.3, -0.25) is 0 Å². The number of anilines is 1. The number of aryl methyl sites for hydroxylation is 1. The van der Waals surface area contributed by atoms with E-state index in [4.69, 9.17) is 5.73 Å². The second-order valence-corrected chi connectivity index (χ2v) is 9.25. The molecule has 30 heavy (non-hydrogen) atoms. The van der Waals surface area contributed by atoms with Crippen molar-refractivity contribution in [3.8, 4) is 0 Å². The fraction of sp³-hybridized carbons (Fsp3) is 0.364. The second-order valence-electron chi connectivity index (χ2n) is 8.39. The summed E-state index contributed by atoms with van der Waals surface area (Å²) < 4.78 is 17.3. The highest BCUT2D eigenvalue weighted by atomic mass is 79.9. The lowest BCUT2D eigenvalue weighted by molar-refractivity contribution is -0.0194. The van der Waals surface area contributed by atoms with Crippen molar-refractivity contribution in [2.45, 2.75) is 37.5 Å². The van der Waals surface area contributed by atoms with Gasteiger partial charge < -0.3 is 20.5 Å². The van der Waals surface area contributed by atoms with Crippen LogP contribution in [0.5, 0.6) is 0 Å². The summed E-state index contributed by atoms with van der Waals surface area (Å²) in [5.41, 5.74) is 6.62. The number of rotatable bonds is 5. The maximum absolute atomic E-state index is 14.7. The van der Waals surface area contributed by atoms with E-state index in [9.17, 15) is 14.6 Å². The van der Waals surface area contributed by atoms with Crippen LogP contribution in [0.15, 0.2) is 46.0 Å². The van der Waals surface area contributed by atoms with Gasteiger partial charge in [0.05, 0.1) is 22.1 Å². The number of hydrogen-bond donors (Lipinski definition) is 3. The van der Waals surface area contributed by atoms with E-state index >= 15 is 0 Å². The molecule has 6 nitrogen and oxygen atoms in total. The third-order valence-corrected chi connectivity index (χ3v) is 7.55. The molecular weight excluding hydrogens is 451 g/mol. The smallest absolute Gasteiger partial charge is 0.138 e. The zero-order valence-corrected chi connectivity index (χ0v) is 17.8. The van der Waals surface area contributed by atoms with Crippen LogP contribution in [-0.2, 0) is 6.42 Å². The normalized spacial score (nSPS) is 29.9. The van der Waals surface area contributed by atoms with Crippen LogP contribution in [0.2, 0.25) is 0 Å². The first-order chi connectivity index (χ1) is 14.4. The molecule has 5 atom stereocenters. The zero-order chi connectivity index (χ0) is 21.2. The molecule has 0 saturated heterocycles. The quantitative estimate of drug-likeness (QED) is 0.492. The Morgan fingerprint density at radius 2 is 2.17 bits per heavy atom. The van der Waals surface area contributed by atoms with Gasteiger partial charge in [0.2, 0.25) is 0 Å². The number of nitrogens with two attached hydrogens (primary N) is 1. The van der Waals surface area contributed by atoms with E-state index in [1.54, 1.807) is 12.1 Å². The highest BCUT2D eigenvalue weighted by Crippen LogP contribution is 2.70. The van der Waals surface area contributed by atoms with Crippen molar-refractivity contribution in [2.75, 3.05) is 5.73 Å². The van der Waals surface area contributed by atoms with Crippen molar-refractivity contribution in [3.05, 3.63) is 52.4 Å². The van der Waals surface area contributed by atoms with Crippen LogP contribution in [0, 0.1) is 17.2 Å². The number of halogens is 2. The summed E-state index contributed by atoms with van der Waals surface area (Å²) >= 11 is 3.32. The summed E-state index contributed by atoms with van der Waals surface area (Å²) in [6, 6.07) is 8.38. The Bertz CT molecular complexity index is 1170. The number of aliphatic imine (C=N–C) groups is 1. The summed E-state index contributed by atoms with van der Waals surface area (Å²) in [6.07, 6.45) is 1.93. The summed E-state index contributed by atoms with van der Waals surface area (Å²) in [5.74, 6) is 0.840. The molecule has 2 fully saturated rings. The van der Waals surface area contributed by atoms with Gasteiger partial charge in [-0.25, -0.2) is 14.4 Å². The molecule has 2 aromatic heterocycles. The van der Waals surface area contributed by atoms with E-state index < -0.39 is 17.6 Å². The third-order valence-electron chi connectivity index (χ3n) is 6.92. The predicted molar refractivity (Wildman–Crippen MR) is 117 cm³/mol. The van der Waals surface area contributed by atoms with E-state index in [0.717, 1.165) is 6.42 Å². The van der Waals surface area contributed by atoms with Crippen LogP contribution >= 0.6 is 15.9 Å². The fourth-order valence-corrected chi connectivity index (χ4v) is 5.60. The van der Waals surface area contributed by atoms with Gasteiger partial charge in [-0.2, -0.15) is 0 Å². The SMILES string of the molecule is C=Nc1cccn1[C@H]1[C@H](O)[C@H](O)C2(CCc3cc4nc(N)c(Br)cc4cc3F)C[C@H]12. The number of nitrogen functional groups attached to an aromatic ring is 1. The summed E-state index contributed by atoms with van der Waals surface area (Å²) in [7, 11) is 0. The minimum Gasteiger partial charge on any atom is -0.390 e. The number of aliphatic hydroxyl groups is 2. The molecule has 5 rings (SSSR count). The molecule has 0 radical (unpaired) electrons. The third kappa shape index (κ3) is 2.81. The largest absolute Gasteiger partial charge is 0.390 e. The molecule has 156 valence electrons. The Balaban J connectivity index is 1.40. The van der Waals surface area contributed by atoms with Crippen LogP contribution < -0.4 is 5.73 Å². The average molecular weight is 473 g/mol. The van der Waals surface area contributed by atoms with Crippen LogP contribution in [0.4, 0.5) is 16.0 Å². The van der Waals surface area contributed by atoms with Gasteiger partial charge in [0.25, 0.3) is 0 Å². The lowest BCUT2D eigenvalue weighted by Gasteiger charge is -2.25. The first-order valence-corrected chi connectivity index (χ1v) is 10.7. The van der Waals surface area contributed by atoms with Crippen molar-refractivity contribution in [2.24, 2.45) is 16.3 Å². The van der Waals surface area contributed by atoms with E-state index in [0.29, 0.717) is 45.4 Å². The summed E-state index contributed by atoms with van der Waals surface area (Å²) in [5, 5.41) is 22.2. The molecule has 1 aromatic carbocycles. The van der Waals surface area contributed by atoms with Gasteiger partial charge in [-0.15, -0.1) is 0 Å². The molecule has 8 heteroatoms. The summed E-state index contributed by atoms with van der Waals surface area (Å²) in [6.45, 7) is 3.58. The minimum absolute atomic E-state index is 0.114. The van der Waals surface area contributed by atoms with Crippen molar-refractivity contribution in [1.82, 2.24) is 9.55 Å². The standard InChI is InChI=1S/C22H22BrFN4O2/c1-26-17-3-2-6-28(17)18-13-10-22(13,20(30)19(18)29)5-4-11-9-16-12(8-15(11)24)7-14(23)21(25)27-16/h2-3,6-9,13,18-20,29-30H,1,4-5,10H2,(H2,25,27)/t13-,18-,19+,20+,22?/m1/s1. The van der Waals surface area contributed by atoms with Crippen LogP contribution in [-0.4, -0.2) is 38.7 Å². The molecule has 2 aliphatic carbocycles. The molecule has 0 bridgehead atoms. The topological polar surface area (TPSA) is 96.7 Å². The van der Waals surface area contributed by atoms with Gasteiger partial charge in [0.1, 0.15) is 23.6 Å². The predicted octanol–water partition coefficient (Wildman–Crippen LogP) is 3.77. The Morgan fingerprint density at radius 3 is 2.93 bits per heavy atom. The molecule has 2 aliphatic rings. The van der Waals surface area contributed by atoms with Crippen LogP contribution in [0.25, 0.3) is 10.9 Å². The van der Waals surface area contributed by atoms with E-state index in [2.05, 4.69) is 32.6 Å². The van der Waals surface area contributed by atoms with Gasteiger partial charge in [-0.05, 0) is 83.7 Å². The first-order valence-electron chi connectivity index (χ1n) is 9.89. The molecule has 2 heterocycles. The van der Waals surface area contributed by atoms with Gasteiger partial charge in [0.15, 0.2) is 0 Å². The van der Waals surface area contributed by atoms with Crippen LogP contribution in [0.3, 0.4) is 0 Å². The summed E-state index contributed by atoms with van der Waals surface area (Å²) in [4.78, 5) is 8.34. The lowest BCUT2D eigenvalue weighted by atomic mass is 9.91. The maximum Gasteiger partial charge on any atom is 0.138 e. The Hall–Kier alpha value is -2.29. The zero-order valence-electron chi connectivity index (χ0n) is 16.2. The van der Waals surface area contributed by atoms with Crippen molar-refractivity contribution < 1.29 is 14.6 Å². The van der Waals surface area contributed by atoms with Crippen molar-refractivity contribution >= 4 is 45.2 Å². The second kappa shape index (κ2) is 6.87. The molecule has 4 N–H and O–H groups in total. The molecule has 3 aromatic rings. The van der Waals surface area contributed by atoms with Gasteiger partial charge in [-0.1, -0.05) is 0 Å². The van der Waals surface area contributed by atoms with E-state index in [1.807, 2.05) is 22.9 Å². The fourth-order valence-electron chi connectivity index (χ4n) is 5.27. The monoisotopic (exact) mass is 472 g/mol. The number of aromatic nitrogens is 2. The highest BCUT2D eigenvalue weighted by molar-refractivity contribution is 9.10. The Kier molecular flexibility index (Phi) is 4.50. The number of pyridine rings is 1. The molecule has 0 spiro atoms. The maximum atomic E-state index is 14.7. The Morgan fingerprint density at radius 1 is 1.37 bits per heavy atom. The van der Waals surface area contributed by atoms with E-state index in [-0.39, 0.29) is 17.8 Å². The number of aliphatic hydroxyl groups excluding tert-OH is 2. The number of nitrogens with zero attached hydrogens (tertiary/aromatic N) is 3. The number of fused-ring (bicyclic) bond motifs is 2. The Labute approximate surface area is 181 Å². The first kappa shape index (κ1) is 19.7. The minimum atomic E-state index is -0.892. The average Bonchev–Trinajstić information content (AvgIpc) is 3.16. The number of hydrogen-bond acceptors (Lipinski definition) is 5. The van der Waals surface area contributed by atoms with E-state index in [1.165, 1.54) is 6.07 Å². The molecule has 0 amide bonds.